The molecule has 0 spiro atoms. The minimum Gasteiger partial charge on any atom is -0.479 e. The molecule has 2 aromatic carbocycles. The number of amides is 1. The van der Waals surface area contributed by atoms with Crippen LogP contribution in [0.25, 0.3) is 0 Å². The molecule has 0 radical (unpaired) electrons. The summed E-state index contributed by atoms with van der Waals surface area (Å²) in [4.78, 5) is 29.3. The summed E-state index contributed by atoms with van der Waals surface area (Å²) in [6.45, 7) is 0.0834. The van der Waals surface area contributed by atoms with E-state index in [1.54, 1.807) is 24.3 Å². The van der Waals surface area contributed by atoms with Gasteiger partial charge in [0.1, 0.15) is 12.3 Å². The van der Waals surface area contributed by atoms with Gasteiger partial charge in [-0.05, 0) is 11.1 Å². The van der Waals surface area contributed by atoms with Crippen molar-refractivity contribution in [3.8, 4) is 0 Å². The molecule has 3 rings (SSSR count). The van der Waals surface area contributed by atoms with Gasteiger partial charge in [0, 0.05) is 5.56 Å². The zero-order chi connectivity index (χ0) is 17.8. The van der Waals surface area contributed by atoms with Crippen molar-refractivity contribution in [3.05, 3.63) is 71.3 Å². The average Bonchev–Trinajstić information content (AvgIpc) is 2.61. The number of rotatable bonds is 4. The molecule has 0 aromatic heterocycles. The van der Waals surface area contributed by atoms with E-state index in [1.807, 2.05) is 30.3 Å². The van der Waals surface area contributed by atoms with Gasteiger partial charge in [-0.15, -0.1) is 0 Å². The Balaban J connectivity index is 1.91. The first kappa shape index (κ1) is 16.5. The number of carboxylic acid groups (broad SMARTS) is 2. The van der Waals surface area contributed by atoms with Crippen molar-refractivity contribution in [2.75, 3.05) is 6.54 Å². The van der Waals surface area contributed by atoms with Gasteiger partial charge < -0.3 is 15.1 Å². The van der Waals surface area contributed by atoms with Crippen LogP contribution in [0.4, 0.5) is 4.79 Å². The van der Waals surface area contributed by atoms with Crippen molar-refractivity contribution < 1.29 is 24.6 Å². The Hall–Kier alpha value is -3.35. The maximum Gasteiger partial charge on any atom is 0.408 e. The highest BCUT2D eigenvalue weighted by atomic mass is 16.6. The van der Waals surface area contributed by atoms with Crippen LogP contribution in [-0.2, 0) is 16.2 Å². The van der Waals surface area contributed by atoms with Gasteiger partial charge in [-0.25, -0.2) is 9.59 Å². The first-order valence-electron chi connectivity index (χ1n) is 7.62. The Morgan fingerprint density at radius 2 is 1.76 bits per heavy atom. The standard InChI is InChI=1S/C18H16N2O5/c21-17(22)16-14-9-5-4-8-13(14)15(10-20(16)18(23)24)19-25-11-12-6-2-1-3-7-12/h1-9,16H,10-11H2,(H,21,22)(H,23,24). The van der Waals surface area contributed by atoms with Crippen LogP contribution in [0.5, 0.6) is 0 Å². The van der Waals surface area contributed by atoms with Crippen LogP contribution in [0, 0.1) is 0 Å². The third-order valence-corrected chi connectivity index (χ3v) is 3.93. The number of fused-ring (bicyclic) bond motifs is 1. The second kappa shape index (κ2) is 7.04. The monoisotopic (exact) mass is 340 g/mol. The third kappa shape index (κ3) is 3.45. The summed E-state index contributed by atoms with van der Waals surface area (Å²) in [7, 11) is 0. The molecule has 1 amide bonds. The number of nitrogens with zero attached hydrogens (tertiary/aromatic N) is 2. The first-order valence-corrected chi connectivity index (χ1v) is 7.62. The lowest BCUT2D eigenvalue weighted by atomic mass is 9.91. The van der Waals surface area contributed by atoms with E-state index in [9.17, 15) is 19.8 Å². The molecule has 1 atom stereocenters. The summed E-state index contributed by atoms with van der Waals surface area (Å²) in [5, 5.41) is 22.9. The van der Waals surface area contributed by atoms with E-state index >= 15 is 0 Å². The van der Waals surface area contributed by atoms with Gasteiger partial charge in [0.05, 0.1) is 6.54 Å². The molecule has 1 heterocycles. The Bertz CT molecular complexity index is 819. The number of aliphatic carboxylic acids is 1. The Kier molecular flexibility index (Phi) is 4.65. The minimum absolute atomic E-state index is 0.155. The maximum atomic E-state index is 11.6. The van der Waals surface area contributed by atoms with Crippen LogP contribution in [-0.4, -0.2) is 39.4 Å². The highest BCUT2D eigenvalue weighted by Crippen LogP contribution is 2.30. The molecule has 1 unspecified atom stereocenters. The molecule has 0 fully saturated rings. The van der Waals surface area contributed by atoms with E-state index in [-0.39, 0.29) is 13.2 Å². The van der Waals surface area contributed by atoms with E-state index in [0.717, 1.165) is 10.5 Å². The highest BCUT2D eigenvalue weighted by Gasteiger charge is 2.38. The Labute approximate surface area is 143 Å². The lowest BCUT2D eigenvalue weighted by Gasteiger charge is -2.32. The summed E-state index contributed by atoms with van der Waals surface area (Å²) in [6.07, 6.45) is -1.32. The van der Waals surface area contributed by atoms with Crippen molar-refractivity contribution in [2.24, 2.45) is 5.16 Å². The molecule has 25 heavy (non-hydrogen) atoms. The number of oxime groups is 1. The molecule has 7 nitrogen and oxygen atoms in total. The molecule has 7 heteroatoms. The van der Waals surface area contributed by atoms with E-state index in [0.29, 0.717) is 16.8 Å². The van der Waals surface area contributed by atoms with Crippen LogP contribution in [0.15, 0.2) is 59.8 Å². The zero-order valence-electron chi connectivity index (χ0n) is 13.2. The number of benzene rings is 2. The topological polar surface area (TPSA) is 99.4 Å². The summed E-state index contributed by atoms with van der Waals surface area (Å²) in [6, 6.07) is 14.9. The summed E-state index contributed by atoms with van der Waals surface area (Å²) >= 11 is 0. The second-order valence-electron chi connectivity index (χ2n) is 5.54. The van der Waals surface area contributed by atoms with Crippen molar-refractivity contribution in [3.63, 3.8) is 0 Å². The molecule has 128 valence electrons. The Morgan fingerprint density at radius 1 is 1.08 bits per heavy atom. The Morgan fingerprint density at radius 3 is 2.44 bits per heavy atom. The molecule has 0 aliphatic carbocycles. The average molecular weight is 340 g/mol. The number of hydrogen-bond donors (Lipinski definition) is 2. The predicted molar refractivity (Wildman–Crippen MR) is 89.3 cm³/mol. The van der Waals surface area contributed by atoms with Gasteiger partial charge in [-0.1, -0.05) is 59.8 Å². The van der Waals surface area contributed by atoms with Crippen molar-refractivity contribution in [1.29, 1.82) is 0 Å². The van der Waals surface area contributed by atoms with Gasteiger partial charge in [-0.2, -0.15) is 0 Å². The molecular weight excluding hydrogens is 324 g/mol. The summed E-state index contributed by atoms with van der Waals surface area (Å²) in [5.41, 5.74) is 2.27. The highest BCUT2D eigenvalue weighted by molar-refractivity contribution is 6.07. The molecular formula is C18H16N2O5. The smallest absolute Gasteiger partial charge is 0.408 e. The molecule has 0 saturated heterocycles. The normalized spacial score (nSPS) is 17.8. The predicted octanol–water partition coefficient (Wildman–Crippen LogP) is 2.73. The summed E-state index contributed by atoms with van der Waals surface area (Å²) < 4.78 is 0. The largest absolute Gasteiger partial charge is 0.479 e. The van der Waals surface area contributed by atoms with Crippen molar-refractivity contribution in [1.82, 2.24) is 4.90 Å². The molecule has 0 saturated carbocycles. The van der Waals surface area contributed by atoms with Gasteiger partial charge in [0.2, 0.25) is 0 Å². The molecule has 2 N–H and O–H groups in total. The lowest BCUT2D eigenvalue weighted by Crippen LogP contribution is -2.45. The van der Waals surface area contributed by atoms with Crippen molar-refractivity contribution >= 4 is 17.8 Å². The quantitative estimate of drug-likeness (QED) is 0.834. The van der Waals surface area contributed by atoms with Gasteiger partial charge in [0.15, 0.2) is 6.04 Å². The lowest BCUT2D eigenvalue weighted by molar-refractivity contribution is -0.142. The molecule has 0 bridgehead atoms. The van der Waals surface area contributed by atoms with Gasteiger partial charge in [-0.3, -0.25) is 4.90 Å². The second-order valence-corrected chi connectivity index (χ2v) is 5.54. The number of carbonyl (C=O) groups is 2. The zero-order valence-corrected chi connectivity index (χ0v) is 13.2. The van der Waals surface area contributed by atoms with Crippen LogP contribution in [0.2, 0.25) is 0 Å². The molecule has 2 aromatic rings. The molecule has 1 aliphatic rings. The maximum absolute atomic E-state index is 11.6. The first-order chi connectivity index (χ1) is 12.1. The number of hydrogen-bond acceptors (Lipinski definition) is 4. The van der Waals surface area contributed by atoms with Crippen LogP contribution < -0.4 is 0 Å². The summed E-state index contributed by atoms with van der Waals surface area (Å²) in [5.74, 6) is -1.22. The van der Waals surface area contributed by atoms with E-state index in [2.05, 4.69) is 5.16 Å². The number of carboxylic acids is 1. The fourth-order valence-electron chi connectivity index (χ4n) is 2.79. The fraction of sp³-hybridized carbons (Fsp3) is 0.167. The van der Waals surface area contributed by atoms with Crippen LogP contribution in [0.3, 0.4) is 0 Å². The van der Waals surface area contributed by atoms with E-state index in [1.165, 1.54) is 0 Å². The SMILES string of the molecule is O=C(O)C1c2ccccc2C(=NOCc2ccccc2)CN1C(=O)O. The minimum atomic E-state index is -1.32. The van der Waals surface area contributed by atoms with Crippen molar-refractivity contribution in [2.45, 2.75) is 12.6 Å². The van der Waals surface area contributed by atoms with Gasteiger partial charge in [0.25, 0.3) is 0 Å². The van der Waals surface area contributed by atoms with E-state index < -0.39 is 18.1 Å². The van der Waals surface area contributed by atoms with Gasteiger partial charge >= 0.3 is 12.1 Å². The fourth-order valence-corrected chi connectivity index (χ4v) is 2.79. The third-order valence-electron chi connectivity index (χ3n) is 3.93. The van der Waals surface area contributed by atoms with Crippen LogP contribution in [0.1, 0.15) is 22.7 Å². The van der Waals surface area contributed by atoms with E-state index in [4.69, 9.17) is 4.84 Å². The molecule has 1 aliphatic heterocycles. The van der Waals surface area contributed by atoms with Crippen LogP contribution >= 0.6 is 0 Å².